The van der Waals surface area contributed by atoms with Crippen molar-refractivity contribution < 1.29 is 9.50 Å². The summed E-state index contributed by atoms with van der Waals surface area (Å²) in [5, 5.41) is 9.12. The molecule has 0 fully saturated rings. The molecular formula is C9H12FNO. The van der Waals surface area contributed by atoms with Gasteiger partial charge in [0.2, 0.25) is 0 Å². The normalized spacial score (nSPS) is 15.7. The summed E-state index contributed by atoms with van der Waals surface area (Å²) in [6.07, 6.45) is -0.615. The van der Waals surface area contributed by atoms with Crippen LogP contribution in [0.15, 0.2) is 24.3 Å². The molecule has 0 aliphatic heterocycles. The zero-order valence-electron chi connectivity index (χ0n) is 6.87. The van der Waals surface area contributed by atoms with Crippen molar-refractivity contribution in [3.05, 3.63) is 35.6 Å². The van der Waals surface area contributed by atoms with E-state index in [9.17, 15) is 4.39 Å². The molecule has 1 rings (SSSR count). The first-order valence-corrected chi connectivity index (χ1v) is 3.80. The number of nitrogens with two attached hydrogens (primary N) is 1. The number of aliphatic hydroxyl groups excluding tert-OH is 1. The van der Waals surface area contributed by atoms with Crippen LogP contribution in [0, 0.1) is 5.82 Å². The van der Waals surface area contributed by atoms with Gasteiger partial charge in [-0.05, 0) is 24.6 Å². The molecule has 0 unspecified atom stereocenters. The van der Waals surface area contributed by atoms with Crippen molar-refractivity contribution in [2.24, 2.45) is 5.73 Å². The number of hydrogen-bond donors (Lipinski definition) is 2. The van der Waals surface area contributed by atoms with Crippen molar-refractivity contribution in [2.75, 3.05) is 0 Å². The van der Waals surface area contributed by atoms with E-state index in [1.54, 1.807) is 19.1 Å². The van der Waals surface area contributed by atoms with Gasteiger partial charge in [0, 0.05) is 0 Å². The van der Waals surface area contributed by atoms with Gasteiger partial charge in [-0.1, -0.05) is 12.1 Å². The molecule has 0 radical (unpaired) electrons. The Morgan fingerprint density at radius 3 is 2.25 bits per heavy atom. The zero-order valence-corrected chi connectivity index (χ0v) is 6.87. The monoisotopic (exact) mass is 169 g/mol. The first kappa shape index (κ1) is 9.16. The number of aliphatic hydroxyl groups is 1. The second-order valence-corrected chi connectivity index (χ2v) is 2.82. The van der Waals surface area contributed by atoms with Gasteiger partial charge in [-0.25, -0.2) is 4.39 Å². The van der Waals surface area contributed by atoms with E-state index < -0.39 is 12.1 Å². The van der Waals surface area contributed by atoms with E-state index in [1.807, 2.05) is 0 Å². The topological polar surface area (TPSA) is 46.2 Å². The maximum atomic E-state index is 12.4. The van der Waals surface area contributed by atoms with Gasteiger partial charge >= 0.3 is 0 Å². The minimum atomic E-state index is -0.615. The molecule has 0 spiro atoms. The smallest absolute Gasteiger partial charge is 0.123 e. The first-order chi connectivity index (χ1) is 5.61. The summed E-state index contributed by atoms with van der Waals surface area (Å²) in [6.45, 7) is 1.61. The fraction of sp³-hybridized carbons (Fsp3) is 0.333. The Labute approximate surface area is 70.8 Å². The Morgan fingerprint density at radius 1 is 1.33 bits per heavy atom. The highest BCUT2D eigenvalue weighted by Crippen LogP contribution is 2.13. The minimum Gasteiger partial charge on any atom is -0.391 e. The molecule has 0 aromatic heterocycles. The summed E-state index contributed by atoms with van der Waals surface area (Å²) in [5.41, 5.74) is 6.36. The maximum absolute atomic E-state index is 12.4. The number of rotatable bonds is 2. The Bertz CT molecular complexity index is 245. The summed E-state index contributed by atoms with van der Waals surface area (Å²) >= 11 is 0. The lowest BCUT2D eigenvalue weighted by Gasteiger charge is -2.14. The standard InChI is InChI=1S/C9H12FNO/c1-6(12)9(11)7-2-4-8(10)5-3-7/h2-6,9,12H,11H2,1H3/t6-,9+/m0/s1. The van der Waals surface area contributed by atoms with Crippen molar-refractivity contribution in [3.63, 3.8) is 0 Å². The van der Waals surface area contributed by atoms with Crippen molar-refractivity contribution in [2.45, 2.75) is 19.1 Å². The summed E-state index contributed by atoms with van der Waals surface area (Å²) in [4.78, 5) is 0. The highest BCUT2D eigenvalue weighted by atomic mass is 19.1. The van der Waals surface area contributed by atoms with E-state index in [4.69, 9.17) is 10.8 Å². The van der Waals surface area contributed by atoms with E-state index in [0.29, 0.717) is 0 Å². The second kappa shape index (κ2) is 3.65. The Hall–Kier alpha value is -0.930. The van der Waals surface area contributed by atoms with Crippen molar-refractivity contribution in [1.82, 2.24) is 0 Å². The van der Waals surface area contributed by atoms with Gasteiger partial charge in [-0.15, -0.1) is 0 Å². The molecule has 0 saturated carbocycles. The summed E-state index contributed by atoms with van der Waals surface area (Å²) < 4.78 is 12.4. The quantitative estimate of drug-likeness (QED) is 0.699. The van der Waals surface area contributed by atoms with Crippen LogP contribution in [0.4, 0.5) is 4.39 Å². The van der Waals surface area contributed by atoms with E-state index in [1.165, 1.54) is 12.1 Å². The molecule has 0 saturated heterocycles. The fourth-order valence-electron chi connectivity index (χ4n) is 0.964. The molecule has 66 valence electrons. The van der Waals surface area contributed by atoms with Crippen LogP contribution in [0.25, 0.3) is 0 Å². The lowest BCUT2D eigenvalue weighted by molar-refractivity contribution is 0.164. The van der Waals surface area contributed by atoms with Gasteiger partial charge in [0.05, 0.1) is 12.1 Å². The van der Waals surface area contributed by atoms with Crippen LogP contribution in [0.1, 0.15) is 18.5 Å². The van der Waals surface area contributed by atoms with E-state index in [-0.39, 0.29) is 5.82 Å². The largest absolute Gasteiger partial charge is 0.391 e. The van der Waals surface area contributed by atoms with Crippen LogP contribution in [0.5, 0.6) is 0 Å². The van der Waals surface area contributed by atoms with Gasteiger partial charge < -0.3 is 10.8 Å². The average molecular weight is 169 g/mol. The van der Waals surface area contributed by atoms with Crippen molar-refractivity contribution in [1.29, 1.82) is 0 Å². The molecule has 3 heteroatoms. The predicted molar refractivity (Wildman–Crippen MR) is 45.0 cm³/mol. The Morgan fingerprint density at radius 2 is 1.83 bits per heavy atom. The van der Waals surface area contributed by atoms with Gasteiger partial charge in [-0.3, -0.25) is 0 Å². The highest BCUT2D eigenvalue weighted by molar-refractivity contribution is 5.20. The molecule has 1 aromatic rings. The van der Waals surface area contributed by atoms with Crippen molar-refractivity contribution >= 4 is 0 Å². The number of hydrogen-bond acceptors (Lipinski definition) is 2. The molecule has 3 N–H and O–H groups in total. The van der Waals surface area contributed by atoms with Crippen LogP contribution < -0.4 is 5.73 Å². The summed E-state index contributed by atoms with van der Waals surface area (Å²) in [5.74, 6) is -0.295. The van der Waals surface area contributed by atoms with Crippen LogP contribution >= 0.6 is 0 Å². The zero-order chi connectivity index (χ0) is 9.14. The van der Waals surface area contributed by atoms with Crippen LogP contribution in [0.2, 0.25) is 0 Å². The lowest BCUT2D eigenvalue weighted by Crippen LogP contribution is -2.22. The molecular weight excluding hydrogens is 157 g/mol. The average Bonchev–Trinajstić information content (AvgIpc) is 2.04. The molecule has 0 aliphatic rings. The Balaban J connectivity index is 2.82. The third-order valence-corrected chi connectivity index (χ3v) is 1.77. The summed E-state index contributed by atoms with van der Waals surface area (Å²) in [6, 6.07) is 5.37. The number of halogens is 1. The molecule has 1 aromatic carbocycles. The van der Waals surface area contributed by atoms with E-state index >= 15 is 0 Å². The third-order valence-electron chi connectivity index (χ3n) is 1.77. The molecule has 2 nitrogen and oxygen atoms in total. The minimum absolute atomic E-state index is 0.295. The summed E-state index contributed by atoms with van der Waals surface area (Å²) in [7, 11) is 0. The van der Waals surface area contributed by atoms with Gasteiger partial charge in [0.15, 0.2) is 0 Å². The van der Waals surface area contributed by atoms with E-state index in [2.05, 4.69) is 0 Å². The molecule has 2 atom stereocenters. The lowest BCUT2D eigenvalue weighted by atomic mass is 10.0. The number of benzene rings is 1. The van der Waals surface area contributed by atoms with Crippen molar-refractivity contribution in [3.8, 4) is 0 Å². The van der Waals surface area contributed by atoms with Gasteiger partial charge in [0.1, 0.15) is 5.82 Å². The van der Waals surface area contributed by atoms with Gasteiger partial charge in [0.25, 0.3) is 0 Å². The SMILES string of the molecule is C[C@H](O)[C@@H](N)c1ccc(F)cc1. The van der Waals surface area contributed by atoms with Gasteiger partial charge in [-0.2, -0.15) is 0 Å². The van der Waals surface area contributed by atoms with Crippen LogP contribution in [0.3, 0.4) is 0 Å². The first-order valence-electron chi connectivity index (χ1n) is 3.80. The maximum Gasteiger partial charge on any atom is 0.123 e. The molecule has 0 bridgehead atoms. The highest BCUT2D eigenvalue weighted by Gasteiger charge is 2.10. The third kappa shape index (κ3) is 2.03. The molecule has 0 amide bonds. The second-order valence-electron chi connectivity index (χ2n) is 2.82. The predicted octanol–water partition coefficient (Wildman–Crippen LogP) is 1.21. The molecule has 12 heavy (non-hydrogen) atoms. The van der Waals surface area contributed by atoms with Crippen LogP contribution in [-0.2, 0) is 0 Å². The van der Waals surface area contributed by atoms with E-state index in [0.717, 1.165) is 5.56 Å². The fourth-order valence-corrected chi connectivity index (χ4v) is 0.964. The van der Waals surface area contributed by atoms with Crippen LogP contribution in [-0.4, -0.2) is 11.2 Å². The molecule has 0 aliphatic carbocycles. The Kier molecular flexibility index (Phi) is 2.78. The molecule has 0 heterocycles.